The van der Waals surface area contributed by atoms with E-state index in [1.165, 1.54) is 11.1 Å². The molecule has 0 unspecified atom stereocenters. The highest BCUT2D eigenvalue weighted by atomic mass is 32.1. The van der Waals surface area contributed by atoms with Crippen molar-refractivity contribution in [1.82, 2.24) is 14.7 Å². The average Bonchev–Trinajstić information content (AvgIpc) is 3.46. The van der Waals surface area contributed by atoms with E-state index >= 15 is 0 Å². The van der Waals surface area contributed by atoms with Crippen LogP contribution in [0.2, 0.25) is 0 Å². The minimum atomic E-state index is -0.238. The van der Waals surface area contributed by atoms with E-state index in [0.717, 1.165) is 37.9 Å². The number of aromatic nitrogens is 3. The highest BCUT2D eigenvalue weighted by Gasteiger charge is 2.16. The molecular formula is C26H23N5O2S. The number of carbonyl (C=O) groups is 1. The number of thiophene rings is 1. The second-order valence-corrected chi connectivity index (χ2v) is 9.36. The summed E-state index contributed by atoms with van der Waals surface area (Å²) >= 11 is 1.68. The van der Waals surface area contributed by atoms with Crippen LogP contribution in [0, 0.1) is 19.1 Å². The monoisotopic (exact) mass is 469 g/mol. The Bertz CT molecular complexity index is 1490. The summed E-state index contributed by atoms with van der Waals surface area (Å²) in [5.74, 6) is -0.238. The molecule has 0 fully saturated rings. The van der Waals surface area contributed by atoms with E-state index in [9.17, 15) is 10.0 Å². The molecule has 1 aromatic carbocycles. The van der Waals surface area contributed by atoms with E-state index in [0.29, 0.717) is 11.3 Å². The van der Waals surface area contributed by atoms with Crippen molar-refractivity contribution in [1.29, 1.82) is 0 Å². The Kier molecular flexibility index (Phi) is 5.73. The van der Waals surface area contributed by atoms with Crippen LogP contribution in [0.25, 0.3) is 16.2 Å². The molecule has 5 aromatic rings. The largest absolute Gasteiger partial charge is 0.619 e. The van der Waals surface area contributed by atoms with Crippen LogP contribution in [0.4, 0.5) is 11.4 Å². The third-order valence-electron chi connectivity index (χ3n) is 5.54. The van der Waals surface area contributed by atoms with Crippen LogP contribution in [0.5, 0.6) is 0 Å². The summed E-state index contributed by atoms with van der Waals surface area (Å²) in [6, 6.07) is 19.3. The van der Waals surface area contributed by atoms with Crippen molar-refractivity contribution in [2.45, 2.75) is 20.4 Å². The van der Waals surface area contributed by atoms with E-state index in [-0.39, 0.29) is 12.5 Å². The number of fused-ring (bicyclic) bond motifs is 1. The molecule has 0 saturated heterocycles. The van der Waals surface area contributed by atoms with Gasteiger partial charge in [0.1, 0.15) is 0 Å². The fraction of sp³-hybridized carbons (Fsp3) is 0.115. The van der Waals surface area contributed by atoms with Crippen LogP contribution < -0.4 is 15.4 Å². The second kappa shape index (κ2) is 8.99. The molecule has 170 valence electrons. The summed E-state index contributed by atoms with van der Waals surface area (Å²) in [6.45, 7) is 4.06. The van der Waals surface area contributed by atoms with E-state index in [2.05, 4.69) is 34.7 Å². The number of hydrogen-bond acceptors (Lipinski definition) is 5. The van der Waals surface area contributed by atoms with Crippen LogP contribution in [-0.2, 0) is 6.54 Å². The van der Waals surface area contributed by atoms with Crippen molar-refractivity contribution in [2.75, 3.05) is 5.32 Å². The molecule has 8 heteroatoms. The molecule has 0 saturated carbocycles. The zero-order valence-corrected chi connectivity index (χ0v) is 19.6. The second-order valence-electron chi connectivity index (χ2n) is 8.07. The molecule has 4 aromatic heterocycles. The molecule has 0 aliphatic heterocycles. The first-order valence-electron chi connectivity index (χ1n) is 10.8. The zero-order valence-electron chi connectivity index (χ0n) is 18.8. The maximum atomic E-state index is 13.1. The fourth-order valence-corrected chi connectivity index (χ4v) is 4.60. The van der Waals surface area contributed by atoms with Crippen LogP contribution >= 0.6 is 11.3 Å². The molecule has 7 nitrogen and oxygen atoms in total. The van der Waals surface area contributed by atoms with Gasteiger partial charge in [0.25, 0.3) is 5.91 Å². The van der Waals surface area contributed by atoms with Gasteiger partial charge in [-0.3, -0.25) is 9.20 Å². The van der Waals surface area contributed by atoms with Gasteiger partial charge in [0.05, 0.1) is 28.0 Å². The van der Waals surface area contributed by atoms with E-state index in [1.807, 2.05) is 47.0 Å². The summed E-state index contributed by atoms with van der Waals surface area (Å²) in [7, 11) is 0. The molecule has 0 aliphatic rings. The Labute approximate surface area is 200 Å². The van der Waals surface area contributed by atoms with Gasteiger partial charge in [-0.15, -0.1) is 11.3 Å². The van der Waals surface area contributed by atoms with Crippen LogP contribution in [0.15, 0.2) is 79.3 Å². The molecular weight excluding hydrogens is 446 g/mol. The molecule has 34 heavy (non-hydrogen) atoms. The van der Waals surface area contributed by atoms with Crippen molar-refractivity contribution >= 4 is 34.3 Å². The van der Waals surface area contributed by atoms with Crippen LogP contribution in [0.3, 0.4) is 0 Å². The van der Waals surface area contributed by atoms with E-state index in [1.54, 1.807) is 36.6 Å². The third-order valence-corrected chi connectivity index (χ3v) is 6.56. The molecule has 4 heterocycles. The van der Waals surface area contributed by atoms with Gasteiger partial charge in [-0.25, -0.2) is 4.98 Å². The number of imidazole rings is 1. The number of nitrogens with one attached hydrogen (secondary N) is 2. The first kappa shape index (κ1) is 21.7. The number of aryl methyl sites for hydroxylation is 2. The Balaban J connectivity index is 1.52. The van der Waals surface area contributed by atoms with Crippen molar-refractivity contribution in [2.24, 2.45) is 0 Å². The summed E-state index contributed by atoms with van der Waals surface area (Å²) in [6.07, 6.45) is 5.12. The van der Waals surface area contributed by atoms with Gasteiger partial charge in [0, 0.05) is 41.9 Å². The lowest BCUT2D eigenvalue weighted by Crippen LogP contribution is -2.31. The highest BCUT2D eigenvalue weighted by Crippen LogP contribution is 2.31. The number of nitrogens with zero attached hydrogens (tertiary/aromatic N) is 3. The molecule has 1 amide bonds. The quantitative estimate of drug-likeness (QED) is 0.271. The Morgan fingerprint density at radius 2 is 1.94 bits per heavy atom. The Morgan fingerprint density at radius 1 is 1.12 bits per heavy atom. The normalized spacial score (nSPS) is 11.0. The Morgan fingerprint density at radius 3 is 2.68 bits per heavy atom. The number of anilines is 2. The molecule has 0 radical (unpaired) electrons. The number of benzene rings is 1. The van der Waals surface area contributed by atoms with Gasteiger partial charge in [-0.1, -0.05) is 18.2 Å². The van der Waals surface area contributed by atoms with Gasteiger partial charge >= 0.3 is 0 Å². The molecule has 0 bridgehead atoms. The number of carbonyl (C=O) groups excluding carboxylic acids is 1. The summed E-state index contributed by atoms with van der Waals surface area (Å²) < 4.78 is 2.75. The van der Waals surface area contributed by atoms with E-state index < -0.39 is 0 Å². The average molecular weight is 470 g/mol. The molecule has 0 aliphatic carbocycles. The van der Waals surface area contributed by atoms with Gasteiger partial charge in [0.15, 0.2) is 17.5 Å². The number of hydrogen-bond donors (Lipinski definition) is 2. The first-order valence-corrected chi connectivity index (χ1v) is 11.7. The highest BCUT2D eigenvalue weighted by molar-refractivity contribution is 7.15. The number of para-hydroxylation sites is 1. The van der Waals surface area contributed by atoms with Gasteiger partial charge in [0.2, 0.25) is 0 Å². The smallest absolute Gasteiger partial charge is 0.253 e. The van der Waals surface area contributed by atoms with Crippen molar-refractivity contribution < 1.29 is 9.52 Å². The lowest BCUT2D eigenvalue weighted by atomic mass is 10.2. The van der Waals surface area contributed by atoms with Crippen LogP contribution in [0.1, 0.15) is 26.5 Å². The van der Waals surface area contributed by atoms with Crippen molar-refractivity contribution in [3.8, 4) is 10.6 Å². The minimum Gasteiger partial charge on any atom is -0.619 e. The minimum absolute atomic E-state index is 0.238. The van der Waals surface area contributed by atoms with Crippen molar-refractivity contribution in [3.63, 3.8) is 0 Å². The molecule has 0 spiro atoms. The summed E-state index contributed by atoms with van der Waals surface area (Å²) in [4.78, 5) is 20.1. The topological polar surface area (TPSA) is 85.4 Å². The lowest BCUT2D eigenvalue weighted by molar-refractivity contribution is -0.612. The van der Waals surface area contributed by atoms with Crippen molar-refractivity contribution in [3.05, 3.63) is 106 Å². The lowest BCUT2D eigenvalue weighted by Gasteiger charge is -2.12. The SMILES string of the molecule is Cc1ccc(-c2cnc3c(Nc4ccccc4)cc(C(=O)NCc4ccc(C)[n+]([O-])c4)cn23)s1. The summed E-state index contributed by atoms with van der Waals surface area (Å²) in [5.41, 5.74) is 5.10. The molecule has 2 N–H and O–H groups in total. The fourth-order valence-electron chi connectivity index (χ4n) is 3.72. The Hall–Kier alpha value is -4.17. The van der Waals surface area contributed by atoms with Gasteiger partial charge in [-0.05, 0) is 43.3 Å². The molecule has 5 rings (SSSR count). The van der Waals surface area contributed by atoms with Gasteiger partial charge < -0.3 is 15.8 Å². The first-order chi connectivity index (χ1) is 16.5. The maximum absolute atomic E-state index is 13.1. The predicted octanol–water partition coefficient (Wildman–Crippen LogP) is 4.99. The number of pyridine rings is 2. The number of amides is 1. The standard InChI is InChI=1S/C26H23N5O2S/c1-17-8-10-19(15-31(17)33)13-28-26(32)20-12-22(29-21-6-4-3-5-7-21)25-27-14-23(30(25)16-20)24-11-9-18(2)34-24/h3-12,14-16,29H,13H2,1-2H3,(H,28,32). The maximum Gasteiger partial charge on any atom is 0.253 e. The third kappa shape index (κ3) is 4.35. The summed E-state index contributed by atoms with van der Waals surface area (Å²) in [5, 5.41) is 18.2. The predicted molar refractivity (Wildman–Crippen MR) is 134 cm³/mol. The number of rotatable bonds is 6. The molecule has 0 atom stereocenters. The van der Waals surface area contributed by atoms with Crippen LogP contribution in [-0.4, -0.2) is 15.3 Å². The zero-order chi connectivity index (χ0) is 23.7. The van der Waals surface area contributed by atoms with Gasteiger partial charge in [-0.2, -0.15) is 4.73 Å². The van der Waals surface area contributed by atoms with E-state index in [4.69, 9.17) is 0 Å².